The Labute approximate surface area is 194 Å². The SMILES string of the molecule is [2H]c1nc(N([2H])C2([2H])C([2H])([2H])CN(C([2H])c3ccc(F)c(Cl)c3)CC2([2H])[2H])c2nc(C([2H])(C([2H])([2H])[2H])C([2H])([2H])[2H])sc2n1. The van der Waals surface area contributed by atoms with Gasteiger partial charge in [-0.3, -0.25) is 4.90 Å². The van der Waals surface area contributed by atoms with Gasteiger partial charge in [0.05, 0.1) is 11.4 Å². The van der Waals surface area contributed by atoms with Crippen LogP contribution in [-0.2, 0) is 6.52 Å². The minimum atomic E-state index is -3.43. The molecule has 0 saturated carbocycles. The first-order valence-corrected chi connectivity index (χ1v) is 9.14. The van der Waals surface area contributed by atoms with E-state index in [2.05, 4.69) is 15.0 Å². The lowest BCUT2D eigenvalue weighted by molar-refractivity contribution is 0.211. The third kappa shape index (κ3) is 4.26. The summed E-state index contributed by atoms with van der Waals surface area (Å²) in [5, 5.41) is -1.05. The second kappa shape index (κ2) is 8.27. The first kappa shape index (κ1) is 8.50. The molecule has 148 valence electrons. The molecule has 1 saturated heterocycles. The number of aromatic nitrogens is 3. The van der Waals surface area contributed by atoms with Gasteiger partial charge in [0, 0.05) is 48.0 Å². The smallest absolute Gasteiger partial charge is 0.162 e. The van der Waals surface area contributed by atoms with Crippen molar-refractivity contribution in [2.24, 2.45) is 0 Å². The molecule has 3 aromatic rings. The highest BCUT2D eigenvalue weighted by atomic mass is 35.5. The molecule has 2 aromatic heterocycles. The Bertz CT molecular complexity index is 1520. The summed E-state index contributed by atoms with van der Waals surface area (Å²) < 4.78 is 137. The lowest BCUT2D eigenvalue weighted by Gasteiger charge is -2.32. The highest BCUT2D eigenvalue weighted by Gasteiger charge is 2.21. The van der Waals surface area contributed by atoms with Crippen molar-refractivity contribution in [2.45, 2.75) is 44.9 Å². The van der Waals surface area contributed by atoms with Crippen LogP contribution in [0.3, 0.4) is 0 Å². The summed E-state index contributed by atoms with van der Waals surface area (Å²) in [5.41, 5.74) is -0.414. The highest BCUT2D eigenvalue weighted by molar-refractivity contribution is 7.18. The Hall–Kier alpha value is -1.83. The number of hydrogen-bond donors (Lipinski definition) is 1. The number of nitrogens with one attached hydrogen (secondary N) is 1. The van der Waals surface area contributed by atoms with Crippen molar-refractivity contribution >= 4 is 39.1 Å². The maximum absolute atomic E-state index is 13.7. The van der Waals surface area contributed by atoms with E-state index in [0.29, 0.717) is 11.3 Å². The number of nitrogens with zero attached hydrogens (tertiary/aromatic N) is 4. The normalized spacial score (nSPS) is 31.1. The Morgan fingerprint density at radius 3 is 3.14 bits per heavy atom. The average molecular weight is 435 g/mol. The summed E-state index contributed by atoms with van der Waals surface area (Å²) in [7, 11) is 0. The zero-order valence-electron chi connectivity index (χ0n) is 29.1. The minimum Gasteiger partial charge on any atom is -0.365 e. The van der Waals surface area contributed by atoms with Gasteiger partial charge < -0.3 is 5.31 Å². The molecule has 1 aliphatic rings. The summed E-state index contributed by atoms with van der Waals surface area (Å²) >= 11 is 6.14. The van der Waals surface area contributed by atoms with Crippen molar-refractivity contribution in [3.8, 4) is 0 Å². The maximum atomic E-state index is 13.7. The van der Waals surface area contributed by atoms with Gasteiger partial charge in [-0.1, -0.05) is 42.7 Å². The van der Waals surface area contributed by atoms with Crippen LogP contribution in [0.4, 0.5) is 10.2 Å². The van der Waals surface area contributed by atoms with Crippen LogP contribution in [0.15, 0.2) is 24.5 Å². The number of fused-ring (bicyclic) bond motifs is 1. The summed E-state index contributed by atoms with van der Waals surface area (Å²) in [4.78, 5) is 12.1. The number of hydrogen-bond acceptors (Lipinski definition) is 6. The van der Waals surface area contributed by atoms with Gasteiger partial charge in [-0.2, -0.15) is 0 Å². The lowest BCUT2D eigenvalue weighted by atomic mass is 10.0. The molecule has 28 heavy (non-hydrogen) atoms. The number of halogens is 2. The quantitative estimate of drug-likeness (QED) is 0.606. The molecule has 0 bridgehead atoms. The monoisotopic (exact) mass is 434 g/mol. The van der Waals surface area contributed by atoms with Crippen LogP contribution in [-0.4, -0.2) is 39.0 Å². The molecule has 1 atom stereocenters. The molecular weight excluding hydrogens is 397 g/mol. The maximum Gasteiger partial charge on any atom is 0.162 e. The fraction of sp³-hybridized carbons (Fsp3) is 0.450. The van der Waals surface area contributed by atoms with Crippen molar-refractivity contribution in [1.29, 1.82) is 0 Å². The van der Waals surface area contributed by atoms with Gasteiger partial charge in [0.1, 0.15) is 23.8 Å². The summed E-state index contributed by atoms with van der Waals surface area (Å²) in [5.74, 6) is -4.82. The fourth-order valence-electron chi connectivity index (χ4n) is 2.44. The molecule has 5 nitrogen and oxygen atoms in total. The highest BCUT2D eigenvalue weighted by Crippen LogP contribution is 2.30. The Balaban J connectivity index is 1.82. The number of rotatable bonds is 5. The van der Waals surface area contributed by atoms with E-state index < -0.39 is 86.4 Å². The number of anilines is 1. The van der Waals surface area contributed by atoms with E-state index in [0.717, 1.165) is 17.0 Å². The number of benzene rings is 1. The molecule has 3 heterocycles. The molecule has 0 amide bonds. The third-order valence-electron chi connectivity index (χ3n) is 3.73. The van der Waals surface area contributed by atoms with Crippen LogP contribution < -0.4 is 5.31 Å². The summed E-state index contributed by atoms with van der Waals surface area (Å²) in [6, 6.07) is 0.219. The largest absolute Gasteiger partial charge is 0.365 e. The van der Waals surface area contributed by atoms with Crippen molar-refractivity contribution < 1.29 is 25.0 Å². The van der Waals surface area contributed by atoms with E-state index in [1.807, 2.05) is 0 Å². The standard InChI is InChI=1S/C20H23ClFN5S/c1-12(2)19-26-17-18(23-11-24-20(17)28-19)25-14-5-7-27(8-6-14)10-13-3-4-16(22)15(21)9-13/h3-4,9,11-12,14H,5-8,10H2,1-2H3,(H,23,24,25)/i1D3,2D3,5D2,6D2,10D,11D,12D,14D/hD. The van der Waals surface area contributed by atoms with Crippen LogP contribution >= 0.6 is 22.9 Å². The van der Waals surface area contributed by atoms with Gasteiger partial charge in [-0.25, -0.2) is 19.3 Å². The summed E-state index contributed by atoms with van der Waals surface area (Å²) in [6.45, 7) is -9.84. The Kier molecular flexibility index (Phi) is 2.51. The van der Waals surface area contributed by atoms with Crippen molar-refractivity contribution in [3.05, 3.63) is 45.9 Å². The van der Waals surface area contributed by atoms with E-state index in [1.54, 1.807) is 0 Å². The van der Waals surface area contributed by atoms with E-state index in [4.69, 9.17) is 32.2 Å². The molecule has 1 aliphatic heterocycles. The summed E-state index contributed by atoms with van der Waals surface area (Å²) in [6.07, 6.45) is -6.71. The Morgan fingerprint density at radius 1 is 1.57 bits per heavy atom. The zero-order valence-corrected chi connectivity index (χ0v) is 15.7. The Morgan fingerprint density at radius 2 is 2.39 bits per heavy atom. The molecule has 0 radical (unpaired) electrons. The van der Waals surface area contributed by atoms with Crippen molar-refractivity contribution in [2.75, 3.05) is 18.4 Å². The van der Waals surface area contributed by atoms with Gasteiger partial charge in [0.2, 0.25) is 0 Å². The lowest BCUT2D eigenvalue weighted by Crippen LogP contribution is -2.38. The molecule has 1 fully saturated rings. The molecular formula is C20H23ClFN5S. The van der Waals surface area contributed by atoms with Crippen molar-refractivity contribution in [1.82, 2.24) is 19.9 Å². The van der Waals surface area contributed by atoms with Gasteiger partial charge in [0.25, 0.3) is 0 Å². The minimum absolute atomic E-state index is 0.0416. The number of likely N-dealkylation sites (tertiary alicyclic amines) is 1. The molecule has 1 N–H and O–H groups in total. The first-order valence-electron chi connectivity index (χ1n) is 15.5. The third-order valence-corrected chi connectivity index (χ3v) is 4.99. The molecule has 1 unspecified atom stereocenters. The van der Waals surface area contributed by atoms with Crippen LogP contribution in [0.1, 0.15) is 62.1 Å². The van der Waals surface area contributed by atoms with Gasteiger partial charge in [0.15, 0.2) is 7.23 Å². The van der Waals surface area contributed by atoms with Crippen LogP contribution in [0, 0.1) is 5.82 Å². The first-order chi connectivity index (χ1) is 19.4. The molecule has 0 aliphatic carbocycles. The van der Waals surface area contributed by atoms with E-state index in [-0.39, 0.29) is 20.7 Å². The number of thiazole rings is 1. The average Bonchev–Trinajstić information content (AvgIpc) is 3.29. The van der Waals surface area contributed by atoms with Crippen molar-refractivity contribution in [3.63, 3.8) is 0 Å². The second-order valence-electron chi connectivity index (χ2n) is 5.72. The van der Waals surface area contributed by atoms with E-state index in [9.17, 15) is 4.39 Å². The molecule has 4 rings (SSSR count). The van der Waals surface area contributed by atoms with Gasteiger partial charge >= 0.3 is 0 Å². The topological polar surface area (TPSA) is 53.9 Å². The zero-order chi connectivity index (χ0) is 32.7. The van der Waals surface area contributed by atoms with Crippen LogP contribution in [0.5, 0.6) is 0 Å². The predicted octanol–water partition coefficient (Wildman–Crippen LogP) is 5.08. The van der Waals surface area contributed by atoms with Gasteiger partial charge in [-0.15, -0.1) is 0 Å². The van der Waals surface area contributed by atoms with E-state index >= 15 is 0 Å². The molecule has 1 aromatic carbocycles. The molecule has 8 heteroatoms. The van der Waals surface area contributed by atoms with Gasteiger partial charge in [-0.05, 0) is 30.4 Å². The predicted molar refractivity (Wildman–Crippen MR) is 113 cm³/mol. The second-order valence-corrected chi connectivity index (χ2v) is 7.10. The van der Waals surface area contributed by atoms with E-state index in [1.165, 1.54) is 6.07 Å². The number of piperidine rings is 1. The van der Waals surface area contributed by atoms with Crippen LogP contribution in [0.2, 0.25) is 6.43 Å². The van der Waals surface area contributed by atoms with Crippen LogP contribution in [0.25, 0.3) is 10.3 Å². The molecule has 0 spiro atoms. The fourth-order valence-corrected chi connectivity index (χ4v) is 3.37.